The first-order valence-corrected chi connectivity index (χ1v) is 6.00. The monoisotopic (exact) mass is 234 g/mol. The highest BCUT2D eigenvalue weighted by Gasteiger charge is 2.14. The van der Waals surface area contributed by atoms with E-state index in [-0.39, 0.29) is 12.5 Å². The number of anilines is 2. The third-order valence-electron chi connectivity index (χ3n) is 2.94. The number of amides is 1. The molecule has 0 aliphatic heterocycles. The number of pyridine rings is 1. The zero-order valence-corrected chi connectivity index (χ0v) is 9.78. The van der Waals surface area contributed by atoms with Gasteiger partial charge in [-0.2, -0.15) is 0 Å². The van der Waals surface area contributed by atoms with Gasteiger partial charge in [0.25, 0.3) is 0 Å². The molecule has 0 radical (unpaired) electrons. The van der Waals surface area contributed by atoms with Crippen molar-refractivity contribution < 1.29 is 4.79 Å². The highest BCUT2D eigenvalue weighted by atomic mass is 16.1. The van der Waals surface area contributed by atoms with Crippen molar-refractivity contribution in [1.29, 1.82) is 0 Å². The molecule has 1 heterocycles. The fraction of sp³-hybridized carbons (Fsp3) is 0.500. The molecule has 0 aromatic carbocycles. The molecule has 1 amide bonds. The van der Waals surface area contributed by atoms with Crippen LogP contribution in [0.1, 0.15) is 25.7 Å². The summed E-state index contributed by atoms with van der Waals surface area (Å²) < 4.78 is 0. The predicted molar refractivity (Wildman–Crippen MR) is 67.8 cm³/mol. The molecule has 2 rings (SSSR count). The van der Waals surface area contributed by atoms with Gasteiger partial charge in [0.05, 0.1) is 18.4 Å². The predicted octanol–water partition coefficient (Wildman–Crippen LogP) is 1.33. The fourth-order valence-electron chi connectivity index (χ4n) is 2.05. The Kier molecular flexibility index (Phi) is 3.93. The SMILES string of the molecule is NCC(=O)Nc1ccc(NC2CCCC2)cn1. The third kappa shape index (κ3) is 3.42. The number of nitrogens with two attached hydrogens (primary N) is 1. The van der Waals surface area contributed by atoms with Gasteiger partial charge in [-0.15, -0.1) is 0 Å². The summed E-state index contributed by atoms with van der Waals surface area (Å²) in [5, 5.41) is 6.05. The first kappa shape index (κ1) is 11.9. The summed E-state index contributed by atoms with van der Waals surface area (Å²) in [6.07, 6.45) is 6.80. The summed E-state index contributed by atoms with van der Waals surface area (Å²) in [7, 11) is 0. The normalized spacial score (nSPS) is 15.8. The van der Waals surface area contributed by atoms with Crippen molar-refractivity contribution in [3.8, 4) is 0 Å². The molecule has 0 bridgehead atoms. The minimum absolute atomic E-state index is 0.0241. The first-order valence-electron chi connectivity index (χ1n) is 6.00. The number of hydrogen-bond donors (Lipinski definition) is 3. The summed E-state index contributed by atoms with van der Waals surface area (Å²) in [5.41, 5.74) is 6.21. The maximum Gasteiger partial charge on any atom is 0.239 e. The Bertz CT molecular complexity index is 371. The number of rotatable bonds is 4. The minimum Gasteiger partial charge on any atom is -0.381 e. The molecule has 0 saturated heterocycles. The van der Waals surface area contributed by atoms with Crippen LogP contribution < -0.4 is 16.4 Å². The molecule has 92 valence electrons. The summed E-state index contributed by atoms with van der Waals surface area (Å²) in [5.74, 6) is 0.312. The highest BCUT2D eigenvalue weighted by molar-refractivity contribution is 5.91. The van der Waals surface area contributed by atoms with Crippen LogP contribution in [0.5, 0.6) is 0 Å². The Hall–Kier alpha value is -1.62. The molecule has 0 unspecified atom stereocenters. The van der Waals surface area contributed by atoms with Gasteiger partial charge >= 0.3 is 0 Å². The van der Waals surface area contributed by atoms with Gasteiger partial charge in [-0.05, 0) is 25.0 Å². The molecule has 17 heavy (non-hydrogen) atoms. The van der Waals surface area contributed by atoms with Crippen molar-refractivity contribution in [1.82, 2.24) is 4.98 Å². The molecule has 5 nitrogen and oxygen atoms in total. The molecule has 1 aliphatic rings. The summed E-state index contributed by atoms with van der Waals surface area (Å²) >= 11 is 0. The van der Waals surface area contributed by atoms with Crippen LogP contribution in [0.15, 0.2) is 18.3 Å². The smallest absolute Gasteiger partial charge is 0.239 e. The van der Waals surface area contributed by atoms with Crippen LogP contribution >= 0.6 is 0 Å². The first-order chi connectivity index (χ1) is 8.28. The van der Waals surface area contributed by atoms with Crippen LogP contribution in [0.4, 0.5) is 11.5 Å². The van der Waals surface area contributed by atoms with Crippen LogP contribution in [0.25, 0.3) is 0 Å². The average molecular weight is 234 g/mol. The molecule has 1 fully saturated rings. The van der Waals surface area contributed by atoms with E-state index in [1.54, 1.807) is 12.3 Å². The van der Waals surface area contributed by atoms with Crippen molar-refractivity contribution in [2.45, 2.75) is 31.7 Å². The third-order valence-corrected chi connectivity index (χ3v) is 2.94. The molecule has 0 spiro atoms. The van der Waals surface area contributed by atoms with Crippen LogP contribution in [0.2, 0.25) is 0 Å². The van der Waals surface area contributed by atoms with Gasteiger partial charge in [0.15, 0.2) is 0 Å². The molecule has 1 saturated carbocycles. The van der Waals surface area contributed by atoms with Crippen LogP contribution in [-0.2, 0) is 4.79 Å². The zero-order valence-electron chi connectivity index (χ0n) is 9.78. The largest absolute Gasteiger partial charge is 0.381 e. The number of carbonyl (C=O) groups is 1. The van der Waals surface area contributed by atoms with E-state index in [9.17, 15) is 4.79 Å². The fourth-order valence-corrected chi connectivity index (χ4v) is 2.05. The maximum absolute atomic E-state index is 11.1. The van der Waals surface area contributed by atoms with E-state index in [0.717, 1.165) is 5.69 Å². The van der Waals surface area contributed by atoms with Crippen molar-refractivity contribution >= 4 is 17.4 Å². The second-order valence-electron chi connectivity index (χ2n) is 4.31. The van der Waals surface area contributed by atoms with Crippen molar-refractivity contribution in [2.75, 3.05) is 17.2 Å². The lowest BCUT2D eigenvalue weighted by Crippen LogP contribution is -2.22. The Labute approximate surface area is 101 Å². The molecule has 5 heteroatoms. The van der Waals surface area contributed by atoms with Gasteiger partial charge in [0, 0.05) is 6.04 Å². The highest BCUT2D eigenvalue weighted by Crippen LogP contribution is 2.22. The Balaban J connectivity index is 1.90. The molecular weight excluding hydrogens is 216 g/mol. The van der Waals surface area contributed by atoms with Crippen molar-refractivity contribution in [3.63, 3.8) is 0 Å². The van der Waals surface area contributed by atoms with E-state index in [0.29, 0.717) is 11.9 Å². The van der Waals surface area contributed by atoms with Gasteiger partial charge in [-0.1, -0.05) is 12.8 Å². The zero-order chi connectivity index (χ0) is 12.1. The lowest BCUT2D eigenvalue weighted by atomic mass is 10.2. The molecule has 1 aromatic rings. The second kappa shape index (κ2) is 5.63. The van der Waals surface area contributed by atoms with E-state index in [1.807, 2.05) is 6.07 Å². The summed E-state index contributed by atoms with van der Waals surface area (Å²) in [6.45, 7) is -0.0241. The molecule has 4 N–H and O–H groups in total. The van der Waals surface area contributed by atoms with Crippen molar-refractivity contribution in [3.05, 3.63) is 18.3 Å². The summed E-state index contributed by atoms with van der Waals surface area (Å²) in [6, 6.07) is 4.28. The van der Waals surface area contributed by atoms with Gasteiger partial charge in [-0.3, -0.25) is 4.79 Å². The molecule has 1 aromatic heterocycles. The van der Waals surface area contributed by atoms with Crippen LogP contribution in [0, 0.1) is 0 Å². The number of aromatic nitrogens is 1. The summed E-state index contributed by atoms with van der Waals surface area (Å²) in [4.78, 5) is 15.2. The Morgan fingerprint density at radius 3 is 2.76 bits per heavy atom. The number of nitrogens with zero attached hydrogens (tertiary/aromatic N) is 1. The maximum atomic E-state index is 11.1. The van der Waals surface area contributed by atoms with Gasteiger partial charge in [0.1, 0.15) is 5.82 Å². The number of nitrogens with one attached hydrogen (secondary N) is 2. The lowest BCUT2D eigenvalue weighted by molar-refractivity contribution is -0.114. The van der Waals surface area contributed by atoms with Crippen molar-refractivity contribution in [2.24, 2.45) is 5.73 Å². The molecule has 0 atom stereocenters. The van der Waals surface area contributed by atoms with E-state index in [1.165, 1.54) is 25.7 Å². The van der Waals surface area contributed by atoms with Crippen LogP contribution in [-0.4, -0.2) is 23.5 Å². The Morgan fingerprint density at radius 2 is 2.18 bits per heavy atom. The van der Waals surface area contributed by atoms with E-state index >= 15 is 0 Å². The van der Waals surface area contributed by atoms with E-state index < -0.39 is 0 Å². The standard InChI is InChI=1S/C12H18N4O/c13-7-12(17)16-11-6-5-10(8-14-11)15-9-3-1-2-4-9/h5-6,8-9,15H,1-4,7,13H2,(H,14,16,17). The van der Waals surface area contributed by atoms with E-state index in [2.05, 4.69) is 15.6 Å². The topological polar surface area (TPSA) is 80.0 Å². The average Bonchev–Trinajstić information content (AvgIpc) is 2.84. The Morgan fingerprint density at radius 1 is 1.41 bits per heavy atom. The number of hydrogen-bond acceptors (Lipinski definition) is 4. The lowest BCUT2D eigenvalue weighted by Gasteiger charge is -2.13. The van der Waals surface area contributed by atoms with Gasteiger partial charge in [-0.25, -0.2) is 4.98 Å². The second-order valence-corrected chi connectivity index (χ2v) is 4.31. The van der Waals surface area contributed by atoms with Gasteiger partial charge < -0.3 is 16.4 Å². The molecule has 1 aliphatic carbocycles. The van der Waals surface area contributed by atoms with Crippen LogP contribution in [0.3, 0.4) is 0 Å². The van der Waals surface area contributed by atoms with E-state index in [4.69, 9.17) is 5.73 Å². The molecular formula is C12H18N4O. The number of carbonyl (C=O) groups excluding carboxylic acids is 1. The quantitative estimate of drug-likeness (QED) is 0.734. The minimum atomic E-state index is -0.228. The van der Waals surface area contributed by atoms with Gasteiger partial charge in [0.2, 0.25) is 5.91 Å².